The van der Waals surface area contributed by atoms with Crippen LogP contribution in [0.5, 0.6) is 11.5 Å². The first-order chi connectivity index (χ1) is 17.0. The summed E-state index contributed by atoms with van der Waals surface area (Å²) >= 11 is 1.65. The van der Waals surface area contributed by atoms with E-state index in [1.54, 1.807) is 35.6 Å². The van der Waals surface area contributed by atoms with Crippen LogP contribution in [0.15, 0.2) is 59.1 Å². The summed E-state index contributed by atoms with van der Waals surface area (Å²) in [6.07, 6.45) is 0.854. The van der Waals surface area contributed by atoms with Gasteiger partial charge in [-0.15, -0.1) is 11.3 Å². The van der Waals surface area contributed by atoms with Gasteiger partial charge >= 0.3 is 5.97 Å². The number of aromatic nitrogens is 2. The molecule has 1 aliphatic rings. The number of carbonyl (C=O) groups is 1. The van der Waals surface area contributed by atoms with E-state index in [0.717, 1.165) is 23.4 Å². The number of halogens is 1. The van der Waals surface area contributed by atoms with Crippen LogP contribution in [0.3, 0.4) is 0 Å². The van der Waals surface area contributed by atoms with Crippen molar-refractivity contribution in [1.82, 2.24) is 15.0 Å². The number of nitrogens with zero attached hydrogens (tertiary/aromatic N) is 3. The van der Waals surface area contributed by atoms with E-state index in [1.165, 1.54) is 29.7 Å². The number of rotatable bonds is 8. The highest BCUT2D eigenvalue weighted by Crippen LogP contribution is 2.35. The summed E-state index contributed by atoms with van der Waals surface area (Å²) in [7, 11) is 1.43. The van der Waals surface area contributed by atoms with Crippen LogP contribution in [-0.4, -0.2) is 41.2 Å². The van der Waals surface area contributed by atoms with Crippen molar-refractivity contribution < 1.29 is 23.2 Å². The lowest BCUT2D eigenvalue weighted by molar-refractivity contribution is -0.151. The topological polar surface area (TPSA) is 77.7 Å². The summed E-state index contributed by atoms with van der Waals surface area (Å²) in [6, 6.07) is 15.4. The van der Waals surface area contributed by atoms with Crippen molar-refractivity contribution >= 4 is 17.3 Å². The summed E-state index contributed by atoms with van der Waals surface area (Å²) in [5.74, 6) is 1.46. The minimum atomic E-state index is -0.351. The standard InChI is InChI=1S/C26H24FN3O4S/c1-3-16-11-22(15-30-13-18(14-30)26(31)32-2)35-23(16)24-28-25(34-29-24)17-7-9-20(10-8-17)33-21-6-4-5-19(27)12-21/h4-12,18H,3,13-15H2,1-2H3. The third-order valence-corrected chi connectivity index (χ3v) is 7.03. The maximum atomic E-state index is 13.4. The van der Waals surface area contributed by atoms with Gasteiger partial charge in [0.2, 0.25) is 5.82 Å². The highest BCUT2D eigenvalue weighted by atomic mass is 32.1. The molecule has 4 aromatic rings. The number of carbonyl (C=O) groups excluding carboxylic acids is 1. The zero-order valence-electron chi connectivity index (χ0n) is 19.4. The predicted octanol–water partition coefficient (Wildman–Crippen LogP) is 5.56. The second-order valence-corrected chi connectivity index (χ2v) is 9.48. The van der Waals surface area contributed by atoms with Gasteiger partial charge in [0, 0.05) is 36.1 Å². The van der Waals surface area contributed by atoms with Crippen LogP contribution in [0.4, 0.5) is 4.39 Å². The smallest absolute Gasteiger partial charge is 0.311 e. The Balaban J connectivity index is 1.27. The molecule has 2 aromatic heterocycles. The Morgan fingerprint density at radius 1 is 1.17 bits per heavy atom. The minimum absolute atomic E-state index is 0.0320. The molecular formula is C26H24FN3O4S. The summed E-state index contributed by atoms with van der Waals surface area (Å²) < 4.78 is 29.4. The highest BCUT2D eigenvalue weighted by molar-refractivity contribution is 7.15. The Morgan fingerprint density at radius 2 is 1.97 bits per heavy atom. The molecular weight excluding hydrogens is 469 g/mol. The molecule has 35 heavy (non-hydrogen) atoms. The molecule has 0 amide bonds. The number of benzene rings is 2. The van der Waals surface area contributed by atoms with E-state index in [2.05, 4.69) is 28.0 Å². The summed E-state index contributed by atoms with van der Waals surface area (Å²) in [5.41, 5.74) is 1.93. The van der Waals surface area contributed by atoms with Crippen molar-refractivity contribution in [3.63, 3.8) is 0 Å². The maximum absolute atomic E-state index is 13.4. The van der Waals surface area contributed by atoms with E-state index < -0.39 is 0 Å². The molecule has 1 fully saturated rings. The van der Waals surface area contributed by atoms with E-state index in [4.69, 9.17) is 14.0 Å². The number of likely N-dealkylation sites (tertiary alicyclic amines) is 1. The van der Waals surface area contributed by atoms with Gasteiger partial charge in [0.05, 0.1) is 17.9 Å². The summed E-state index contributed by atoms with van der Waals surface area (Å²) in [5, 5.41) is 4.22. The van der Waals surface area contributed by atoms with E-state index >= 15 is 0 Å². The first kappa shape index (κ1) is 23.2. The van der Waals surface area contributed by atoms with Crippen LogP contribution in [0.2, 0.25) is 0 Å². The van der Waals surface area contributed by atoms with Crippen molar-refractivity contribution in [1.29, 1.82) is 0 Å². The van der Waals surface area contributed by atoms with Gasteiger partial charge in [-0.05, 0) is 54.4 Å². The number of methoxy groups -OCH3 is 1. The zero-order chi connectivity index (χ0) is 24.4. The molecule has 0 atom stereocenters. The fourth-order valence-electron chi connectivity index (χ4n) is 4.02. The third-order valence-electron chi connectivity index (χ3n) is 5.87. The van der Waals surface area contributed by atoms with Gasteiger partial charge in [-0.2, -0.15) is 4.98 Å². The quantitative estimate of drug-likeness (QED) is 0.297. The van der Waals surface area contributed by atoms with Crippen molar-refractivity contribution in [3.05, 3.63) is 70.9 Å². The molecule has 0 aliphatic carbocycles. The Bertz CT molecular complexity index is 1330. The van der Waals surface area contributed by atoms with Gasteiger partial charge in [-0.25, -0.2) is 4.39 Å². The van der Waals surface area contributed by atoms with Gasteiger partial charge < -0.3 is 14.0 Å². The average molecular weight is 494 g/mol. The molecule has 9 heteroatoms. The monoisotopic (exact) mass is 493 g/mol. The van der Waals surface area contributed by atoms with Crippen molar-refractivity contribution in [2.75, 3.05) is 20.2 Å². The first-order valence-electron chi connectivity index (χ1n) is 11.3. The van der Waals surface area contributed by atoms with Crippen LogP contribution in [0.1, 0.15) is 17.4 Å². The minimum Gasteiger partial charge on any atom is -0.469 e. The van der Waals surface area contributed by atoms with Gasteiger partial charge in [-0.1, -0.05) is 18.1 Å². The largest absolute Gasteiger partial charge is 0.469 e. The van der Waals surface area contributed by atoms with Crippen LogP contribution in [0.25, 0.3) is 22.2 Å². The SMILES string of the molecule is CCc1cc(CN2CC(C(=O)OC)C2)sc1-c1noc(-c2ccc(Oc3cccc(F)c3)cc2)n1. The second kappa shape index (κ2) is 9.97. The molecule has 1 aliphatic heterocycles. The molecule has 5 rings (SSSR count). The lowest BCUT2D eigenvalue weighted by Crippen LogP contribution is -2.49. The number of esters is 1. The fraction of sp³-hybridized carbons (Fsp3) is 0.269. The van der Waals surface area contributed by atoms with Gasteiger partial charge in [0.15, 0.2) is 0 Å². The third kappa shape index (κ3) is 5.11. The Hall–Kier alpha value is -3.56. The molecule has 1 saturated heterocycles. The number of thiophene rings is 1. The Morgan fingerprint density at radius 3 is 2.69 bits per heavy atom. The second-order valence-electron chi connectivity index (χ2n) is 8.34. The van der Waals surface area contributed by atoms with E-state index in [9.17, 15) is 9.18 Å². The van der Waals surface area contributed by atoms with Crippen molar-refractivity contribution in [2.45, 2.75) is 19.9 Å². The molecule has 7 nitrogen and oxygen atoms in total. The number of aryl methyl sites for hydroxylation is 1. The van der Waals surface area contributed by atoms with Crippen molar-refractivity contribution in [2.24, 2.45) is 5.92 Å². The first-order valence-corrected chi connectivity index (χ1v) is 12.1. The zero-order valence-corrected chi connectivity index (χ0v) is 20.2. The lowest BCUT2D eigenvalue weighted by Gasteiger charge is -2.36. The highest BCUT2D eigenvalue weighted by Gasteiger charge is 2.33. The molecule has 180 valence electrons. The van der Waals surface area contributed by atoms with E-state index in [0.29, 0.717) is 36.3 Å². The molecule has 0 N–H and O–H groups in total. The van der Waals surface area contributed by atoms with Crippen LogP contribution >= 0.6 is 11.3 Å². The number of hydrogen-bond donors (Lipinski definition) is 0. The van der Waals surface area contributed by atoms with Crippen LogP contribution in [0, 0.1) is 11.7 Å². The molecule has 0 spiro atoms. The molecule has 0 bridgehead atoms. The van der Waals surface area contributed by atoms with Crippen molar-refractivity contribution in [3.8, 4) is 33.7 Å². The number of hydrogen-bond acceptors (Lipinski definition) is 8. The van der Waals surface area contributed by atoms with E-state index in [1.807, 2.05) is 12.1 Å². The van der Waals surface area contributed by atoms with Crippen LogP contribution in [-0.2, 0) is 22.5 Å². The van der Waals surface area contributed by atoms with E-state index in [-0.39, 0.29) is 17.7 Å². The molecule has 0 unspecified atom stereocenters. The number of ether oxygens (including phenoxy) is 2. The van der Waals surface area contributed by atoms with Crippen LogP contribution < -0.4 is 4.74 Å². The Kier molecular flexibility index (Phi) is 6.61. The molecule has 3 heterocycles. The van der Waals surface area contributed by atoms with Gasteiger partial charge in [0.1, 0.15) is 17.3 Å². The summed E-state index contributed by atoms with van der Waals surface area (Å²) in [6.45, 7) is 4.31. The predicted molar refractivity (Wildman–Crippen MR) is 130 cm³/mol. The maximum Gasteiger partial charge on any atom is 0.311 e. The fourth-order valence-corrected chi connectivity index (χ4v) is 5.24. The molecule has 0 saturated carbocycles. The van der Waals surface area contributed by atoms with Gasteiger partial charge in [-0.3, -0.25) is 9.69 Å². The summed E-state index contributed by atoms with van der Waals surface area (Å²) in [4.78, 5) is 20.7. The molecule has 2 aromatic carbocycles. The molecule has 0 radical (unpaired) electrons. The van der Waals surface area contributed by atoms with Gasteiger partial charge in [0.25, 0.3) is 5.89 Å². The lowest BCUT2D eigenvalue weighted by atomic mass is 10.0. The average Bonchev–Trinajstić information content (AvgIpc) is 3.48. The normalized spacial score (nSPS) is 14.0. The Labute approximate surface area is 206 Å².